The molecule has 0 fully saturated rings. The number of aromatic nitrogens is 6. The van der Waals surface area contributed by atoms with Crippen molar-refractivity contribution in [2.75, 3.05) is 5.75 Å². The van der Waals surface area contributed by atoms with Gasteiger partial charge >= 0.3 is 5.69 Å². The van der Waals surface area contributed by atoms with E-state index in [0.717, 1.165) is 34.0 Å². The van der Waals surface area contributed by atoms with Gasteiger partial charge in [0, 0.05) is 43.7 Å². The molecule has 0 atom stereocenters. The quantitative estimate of drug-likeness (QED) is 0.313. The summed E-state index contributed by atoms with van der Waals surface area (Å²) in [4.78, 5) is 29.8. The van der Waals surface area contributed by atoms with Crippen LogP contribution in [0, 0.1) is 0 Å². The molecule has 8 nitrogen and oxygen atoms in total. The van der Waals surface area contributed by atoms with Crippen molar-refractivity contribution in [3.63, 3.8) is 0 Å². The highest BCUT2D eigenvalue weighted by Gasteiger charge is 2.15. The number of rotatable bonds is 8. The van der Waals surface area contributed by atoms with Crippen LogP contribution < -0.4 is 11.2 Å². The Bertz CT molecular complexity index is 1580. The van der Waals surface area contributed by atoms with E-state index < -0.39 is 0 Å². The number of imidazole rings is 1. The van der Waals surface area contributed by atoms with Crippen molar-refractivity contribution in [3.8, 4) is 16.9 Å². The molecule has 0 N–H and O–H groups in total. The van der Waals surface area contributed by atoms with Crippen molar-refractivity contribution >= 4 is 22.9 Å². The summed E-state index contributed by atoms with van der Waals surface area (Å²) in [5.74, 6) is 1.59. The Labute approximate surface area is 206 Å². The Morgan fingerprint density at radius 1 is 0.943 bits per heavy atom. The van der Waals surface area contributed by atoms with Gasteiger partial charge in [-0.3, -0.25) is 13.9 Å². The maximum Gasteiger partial charge on any atom is 0.332 e. The summed E-state index contributed by atoms with van der Waals surface area (Å²) in [5, 5.41) is 4.87. The molecular weight excluding hydrogens is 460 g/mol. The van der Waals surface area contributed by atoms with Gasteiger partial charge in [-0.05, 0) is 24.3 Å². The van der Waals surface area contributed by atoms with E-state index in [1.165, 1.54) is 9.13 Å². The maximum atomic E-state index is 12.9. The molecule has 5 rings (SSSR count). The normalized spacial score (nSPS) is 11.4. The Balaban J connectivity index is 1.30. The number of aryl methyl sites for hydroxylation is 2. The monoisotopic (exact) mass is 486 g/mol. The molecule has 0 saturated carbocycles. The largest absolute Gasteiger partial charge is 0.332 e. The van der Waals surface area contributed by atoms with Crippen molar-refractivity contribution < 1.29 is 0 Å². The first-order valence-electron chi connectivity index (χ1n) is 11.4. The van der Waals surface area contributed by atoms with Crippen molar-refractivity contribution in [2.24, 2.45) is 14.1 Å². The average Bonchev–Trinajstić information content (AvgIpc) is 3.49. The van der Waals surface area contributed by atoms with Gasteiger partial charge in [0.1, 0.15) is 0 Å². The summed E-state index contributed by atoms with van der Waals surface area (Å²) in [6, 6.07) is 20.3. The summed E-state index contributed by atoms with van der Waals surface area (Å²) in [6.07, 6.45) is 4.35. The SMILES string of the molecule is Cn1cnc2c1c(=O)n(CCCSCc1cn(-c3ccccc3)nc1-c1ccccc1)c(=O)n2C. The minimum atomic E-state index is -0.332. The maximum absolute atomic E-state index is 12.9. The molecule has 178 valence electrons. The Morgan fingerprint density at radius 2 is 1.66 bits per heavy atom. The minimum Gasteiger partial charge on any atom is -0.328 e. The van der Waals surface area contributed by atoms with Crippen LogP contribution in [0.2, 0.25) is 0 Å². The van der Waals surface area contributed by atoms with E-state index in [-0.39, 0.29) is 11.2 Å². The number of thioether (sulfide) groups is 1. The molecule has 0 radical (unpaired) electrons. The van der Waals surface area contributed by atoms with Crippen molar-refractivity contribution in [1.82, 2.24) is 28.5 Å². The molecule has 0 aliphatic rings. The predicted molar refractivity (Wildman–Crippen MR) is 140 cm³/mol. The summed E-state index contributed by atoms with van der Waals surface area (Å²) < 4.78 is 6.34. The highest BCUT2D eigenvalue weighted by atomic mass is 32.2. The first-order valence-corrected chi connectivity index (χ1v) is 12.6. The number of benzene rings is 2. The summed E-state index contributed by atoms with van der Waals surface area (Å²) in [6.45, 7) is 0.369. The molecule has 9 heteroatoms. The molecule has 0 spiro atoms. The van der Waals surface area contributed by atoms with Gasteiger partial charge in [-0.1, -0.05) is 48.5 Å². The highest BCUT2D eigenvalue weighted by Crippen LogP contribution is 2.27. The lowest BCUT2D eigenvalue weighted by Crippen LogP contribution is -2.39. The second-order valence-electron chi connectivity index (χ2n) is 8.38. The second-order valence-corrected chi connectivity index (χ2v) is 9.49. The molecular formula is C26H26N6O2S. The smallest absolute Gasteiger partial charge is 0.328 e. The molecule has 0 saturated heterocycles. The molecule has 0 bridgehead atoms. The lowest BCUT2D eigenvalue weighted by atomic mass is 10.1. The van der Waals surface area contributed by atoms with E-state index in [4.69, 9.17) is 5.10 Å². The van der Waals surface area contributed by atoms with E-state index in [0.29, 0.717) is 24.1 Å². The summed E-state index contributed by atoms with van der Waals surface area (Å²) >= 11 is 1.77. The predicted octanol–water partition coefficient (Wildman–Crippen LogP) is 3.61. The Hall–Kier alpha value is -3.85. The lowest BCUT2D eigenvalue weighted by Gasteiger charge is -2.08. The lowest BCUT2D eigenvalue weighted by molar-refractivity contribution is 0.594. The van der Waals surface area contributed by atoms with Crippen molar-refractivity contribution in [2.45, 2.75) is 18.7 Å². The van der Waals surface area contributed by atoms with Crippen LogP contribution in [0.15, 0.2) is 82.8 Å². The molecule has 0 aliphatic heterocycles. The average molecular weight is 487 g/mol. The third-order valence-corrected chi connectivity index (χ3v) is 7.08. The van der Waals surface area contributed by atoms with Gasteiger partial charge in [-0.2, -0.15) is 16.9 Å². The van der Waals surface area contributed by atoms with Crippen molar-refractivity contribution in [1.29, 1.82) is 0 Å². The van der Waals surface area contributed by atoms with Crippen LogP contribution in [0.25, 0.3) is 28.1 Å². The van der Waals surface area contributed by atoms with E-state index >= 15 is 0 Å². The van der Waals surface area contributed by atoms with Gasteiger partial charge in [-0.15, -0.1) is 0 Å². The Morgan fingerprint density at radius 3 is 2.40 bits per heavy atom. The van der Waals surface area contributed by atoms with Crippen molar-refractivity contribution in [3.05, 3.63) is 99.6 Å². The van der Waals surface area contributed by atoms with E-state index in [1.807, 2.05) is 53.2 Å². The van der Waals surface area contributed by atoms with E-state index in [1.54, 1.807) is 36.8 Å². The zero-order valence-corrected chi connectivity index (χ0v) is 20.5. The molecule has 5 aromatic rings. The van der Waals surface area contributed by atoms with Crippen LogP contribution in [0.1, 0.15) is 12.0 Å². The fraction of sp³-hybridized carbons (Fsp3) is 0.231. The first-order chi connectivity index (χ1) is 17.0. The molecule has 2 aromatic carbocycles. The van der Waals surface area contributed by atoms with Crippen LogP contribution in [-0.2, 0) is 26.4 Å². The first kappa shape index (κ1) is 22.9. The van der Waals surface area contributed by atoms with Crippen LogP contribution in [0.5, 0.6) is 0 Å². The third kappa shape index (κ3) is 4.46. The standard InChI is InChI=1S/C26H26N6O2S/c1-29-18-27-24-23(29)25(33)31(26(34)30(24)2)14-9-15-35-17-20-16-32(21-12-7-4-8-13-21)28-22(20)19-10-5-3-6-11-19/h3-8,10-13,16,18H,9,14-15,17H2,1-2H3. The number of nitrogens with zero attached hydrogens (tertiary/aromatic N) is 6. The fourth-order valence-corrected chi connectivity index (χ4v) is 5.08. The number of hydrogen-bond acceptors (Lipinski definition) is 5. The van der Waals surface area contributed by atoms with Gasteiger partial charge in [-0.25, -0.2) is 14.5 Å². The summed E-state index contributed by atoms with van der Waals surface area (Å²) in [5.41, 5.74) is 4.45. The van der Waals surface area contributed by atoms with E-state index in [9.17, 15) is 9.59 Å². The van der Waals surface area contributed by atoms with E-state index in [2.05, 4.69) is 23.3 Å². The highest BCUT2D eigenvalue weighted by molar-refractivity contribution is 7.98. The molecule has 3 aromatic heterocycles. The molecule has 0 unspecified atom stereocenters. The number of fused-ring (bicyclic) bond motifs is 1. The fourth-order valence-electron chi connectivity index (χ4n) is 4.17. The van der Waals surface area contributed by atoms with Gasteiger partial charge in [0.25, 0.3) is 5.56 Å². The van der Waals surface area contributed by atoms with Crippen LogP contribution in [0.3, 0.4) is 0 Å². The molecule has 0 amide bonds. The summed E-state index contributed by atoms with van der Waals surface area (Å²) in [7, 11) is 3.42. The Kier molecular flexibility index (Phi) is 6.41. The molecule has 3 heterocycles. The molecule has 35 heavy (non-hydrogen) atoms. The van der Waals surface area contributed by atoms with Crippen LogP contribution >= 0.6 is 11.8 Å². The van der Waals surface area contributed by atoms with Gasteiger partial charge in [0.15, 0.2) is 11.2 Å². The van der Waals surface area contributed by atoms with Gasteiger partial charge in [0.05, 0.1) is 17.7 Å². The number of hydrogen-bond donors (Lipinski definition) is 0. The topological polar surface area (TPSA) is 79.6 Å². The molecule has 0 aliphatic carbocycles. The minimum absolute atomic E-state index is 0.288. The zero-order chi connectivity index (χ0) is 24.4. The van der Waals surface area contributed by atoms with Crippen LogP contribution in [-0.4, -0.2) is 34.2 Å². The number of para-hydroxylation sites is 1. The van der Waals surface area contributed by atoms with Gasteiger partial charge in [0.2, 0.25) is 0 Å². The van der Waals surface area contributed by atoms with Crippen LogP contribution in [0.4, 0.5) is 0 Å². The van der Waals surface area contributed by atoms with Gasteiger partial charge < -0.3 is 4.57 Å². The zero-order valence-electron chi connectivity index (χ0n) is 19.7. The third-order valence-electron chi connectivity index (χ3n) is 5.99. The second kappa shape index (κ2) is 9.79.